The van der Waals surface area contributed by atoms with Crippen molar-refractivity contribution < 1.29 is 34.1 Å². The summed E-state index contributed by atoms with van der Waals surface area (Å²) in [5, 5.41) is 19.5. The first-order valence-corrected chi connectivity index (χ1v) is 7.72. The van der Waals surface area contributed by atoms with Crippen molar-refractivity contribution in [3.63, 3.8) is 0 Å². The van der Waals surface area contributed by atoms with Gasteiger partial charge in [-0.1, -0.05) is 26.0 Å². The number of carbonyl (C=O) groups is 4. The lowest BCUT2D eigenvalue weighted by Crippen LogP contribution is -2.34. The topological polar surface area (TPSA) is 156 Å². The number of hydrogen-bond acceptors (Lipinski definition) is 6. The van der Waals surface area contributed by atoms with Crippen molar-refractivity contribution in [2.75, 3.05) is 0 Å². The van der Waals surface area contributed by atoms with Gasteiger partial charge in [0, 0.05) is 13.8 Å². The van der Waals surface area contributed by atoms with Crippen LogP contribution in [0.2, 0.25) is 0 Å². The van der Waals surface area contributed by atoms with Gasteiger partial charge in [-0.3, -0.25) is 14.4 Å². The maximum atomic E-state index is 11.0. The van der Waals surface area contributed by atoms with Crippen LogP contribution in [0.25, 0.3) is 0 Å². The summed E-state index contributed by atoms with van der Waals surface area (Å²) in [5.74, 6) is -2.65. The number of esters is 1. The molecule has 0 bridgehead atoms. The average molecular weight is 368 g/mol. The molecule has 0 heterocycles. The first-order chi connectivity index (χ1) is 12.0. The molecule has 2 atom stereocenters. The van der Waals surface area contributed by atoms with Gasteiger partial charge in [-0.25, -0.2) is 4.79 Å². The molecule has 0 fully saturated rings. The lowest BCUT2D eigenvalue weighted by molar-refractivity contribution is -0.141. The number of nitrogens with two attached hydrogens (primary N) is 1. The molecule has 0 saturated heterocycles. The molecule has 0 aliphatic rings. The van der Waals surface area contributed by atoms with Crippen molar-refractivity contribution in [3.8, 4) is 5.75 Å². The van der Waals surface area contributed by atoms with Gasteiger partial charge in [-0.05, 0) is 23.6 Å². The third kappa shape index (κ3) is 8.78. The standard InChI is InChI=1S/C12H13NO5.C5H11NO2/c1-7(14)13-11(12(16)17)9-3-5-10(6-4-9)18-8(2)15;1-3(2)4(6)5(7)8/h3-6,11H,1-2H3,(H,13,14)(H,16,17);3-4H,6H2,1-2H3,(H,7,8)/t;4-/m.0/s1. The fourth-order valence-electron chi connectivity index (χ4n) is 1.67. The van der Waals surface area contributed by atoms with Gasteiger partial charge in [0.15, 0.2) is 6.04 Å². The Morgan fingerprint density at radius 2 is 1.50 bits per heavy atom. The third-order valence-electron chi connectivity index (χ3n) is 3.07. The summed E-state index contributed by atoms with van der Waals surface area (Å²) in [4.78, 5) is 42.6. The summed E-state index contributed by atoms with van der Waals surface area (Å²) in [5.41, 5.74) is 5.56. The van der Waals surface area contributed by atoms with E-state index in [1.807, 2.05) is 0 Å². The van der Waals surface area contributed by atoms with Gasteiger partial charge in [0.25, 0.3) is 0 Å². The second-order valence-corrected chi connectivity index (χ2v) is 5.74. The van der Waals surface area contributed by atoms with E-state index in [1.165, 1.54) is 38.1 Å². The molecule has 1 amide bonds. The number of carboxylic acids is 2. The summed E-state index contributed by atoms with van der Waals surface area (Å²) in [6.07, 6.45) is 0. The van der Waals surface area contributed by atoms with Gasteiger partial charge in [0.1, 0.15) is 11.8 Å². The molecule has 1 rings (SSSR count). The van der Waals surface area contributed by atoms with E-state index in [0.29, 0.717) is 11.3 Å². The minimum absolute atomic E-state index is 0.0208. The Bertz CT molecular complexity index is 641. The van der Waals surface area contributed by atoms with Crippen LogP contribution in [-0.4, -0.2) is 40.1 Å². The van der Waals surface area contributed by atoms with E-state index < -0.39 is 35.9 Å². The van der Waals surface area contributed by atoms with Gasteiger partial charge in [0.2, 0.25) is 5.91 Å². The number of ether oxygens (including phenoxy) is 1. The minimum atomic E-state index is -1.16. The number of nitrogens with one attached hydrogen (secondary N) is 1. The Balaban J connectivity index is 0.000000660. The molecule has 5 N–H and O–H groups in total. The van der Waals surface area contributed by atoms with E-state index in [4.69, 9.17) is 20.7 Å². The maximum absolute atomic E-state index is 11.0. The number of benzene rings is 1. The first-order valence-electron chi connectivity index (χ1n) is 7.72. The highest BCUT2D eigenvalue weighted by Gasteiger charge is 2.20. The van der Waals surface area contributed by atoms with E-state index in [9.17, 15) is 19.2 Å². The molecule has 26 heavy (non-hydrogen) atoms. The Morgan fingerprint density at radius 3 is 1.77 bits per heavy atom. The molecule has 9 heteroatoms. The van der Waals surface area contributed by atoms with Crippen molar-refractivity contribution in [1.82, 2.24) is 5.32 Å². The molecule has 0 spiro atoms. The summed E-state index contributed by atoms with van der Waals surface area (Å²) in [6, 6.07) is 4.06. The van der Waals surface area contributed by atoms with E-state index in [-0.39, 0.29) is 5.92 Å². The van der Waals surface area contributed by atoms with Crippen molar-refractivity contribution >= 4 is 23.8 Å². The number of carboxylic acid groups (broad SMARTS) is 2. The summed E-state index contributed by atoms with van der Waals surface area (Å²) in [6.45, 7) is 6.06. The maximum Gasteiger partial charge on any atom is 0.330 e. The van der Waals surface area contributed by atoms with Gasteiger partial charge in [-0.15, -0.1) is 0 Å². The number of aliphatic carboxylic acids is 2. The highest BCUT2D eigenvalue weighted by Crippen LogP contribution is 2.18. The van der Waals surface area contributed by atoms with Crippen molar-refractivity contribution in [3.05, 3.63) is 29.8 Å². The molecule has 1 aromatic carbocycles. The van der Waals surface area contributed by atoms with Crippen LogP contribution >= 0.6 is 0 Å². The lowest BCUT2D eigenvalue weighted by Gasteiger charge is -2.13. The quantitative estimate of drug-likeness (QED) is 0.427. The summed E-state index contributed by atoms with van der Waals surface area (Å²) < 4.78 is 4.82. The predicted molar refractivity (Wildman–Crippen MR) is 92.4 cm³/mol. The summed E-state index contributed by atoms with van der Waals surface area (Å²) >= 11 is 0. The van der Waals surface area contributed by atoms with Gasteiger partial charge in [-0.2, -0.15) is 0 Å². The van der Waals surface area contributed by atoms with Gasteiger partial charge < -0.3 is 26.0 Å². The zero-order chi connectivity index (χ0) is 20.4. The van der Waals surface area contributed by atoms with E-state index in [0.717, 1.165) is 0 Å². The van der Waals surface area contributed by atoms with Crippen LogP contribution in [0.5, 0.6) is 5.75 Å². The molecule has 9 nitrogen and oxygen atoms in total. The van der Waals surface area contributed by atoms with Crippen LogP contribution in [0.15, 0.2) is 24.3 Å². The molecule has 0 aliphatic carbocycles. The largest absolute Gasteiger partial charge is 0.480 e. The average Bonchev–Trinajstić information content (AvgIpc) is 2.52. The second kappa shape index (κ2) is 10.8. The zero-order valence-electron chi connectivity index (χ0n) is 15.1. The highest BCUT2D eigenvalue weighted by molar-refractivity contribution is 5.83. The molecule has 0 radical (unpaired) electrons. The fourth-order valence-corrected chi connectivity index (χ4v) is 1.67. The normalized spacial score (nSPS) is 12.2. The van der Waals surface area contributed by atoms with Crippen molar-refractivity contribution in [2.45, 2.75) is 39.8 Å². The Kier molecular flexibility index (Phi) is 9.60. The van der Waals surface area contributed by atoms with Crippen molar-refractivity contribution in [2.24, 2.45) is 11.7 Å². The number of hydrogen-bond donors (Lipinski definition) is 4. The second-order valence-electron chi connectivity index (χ2n) is 5.74. The lowest BCUT2D eigenvalue weighted by atomic mass is 10.1. The van der Waals surface area contributed by atoms with Crippen LogP contribution in [0.1, 0.15) is 39.3 Å². The van der Waals surface area contributed by atoms with E-state index >= 15 is 0 Å². The molecule has 0 aliphatic heterocycles. The Labute approximate surface area is 151 Å². The number of carbonyl (C=O) groups excluding carboxylic acids is 2. The Morgan fingerprint density at radius 1 is 1.00 bits per heavy atom. The van der Waals surface area contributed by atoms with Crippen LogP contribution < -0.4 is 15.8 Å². The van der Waals surface area contributed by atoms with Crippen LogP contribution in [-0.2, 0) is 19.2 Å². The van der Waals surface area contributed by atoms with E-state index in [2.05, 4.69) is 5.32 Å². The molecular formula is C17H24N2O7. The monoisotopic (exact) mass is 368 g/mol. The van der Waals surface area contributed by atoms with Crippen molar-refractivity contribution in [1.29, 1.82) is 0 Å². The van der Waals surface area contributed by atoms with Gasteiger partial charge >= 0.3 is 17.9 Å². The Hall–Kier alpha value is -2.94. The summed E-state index contributed by atoms with van der Waals surface area (Å²) in [7, 11) is 0. The number of rotatable bonds is 6. The van der Waals surface area contributed by atoms with Gasteiger partial charge in [0.05, 0.1) is 0 Å². The third-order valence-corrected chi connectivity index (χ3v) is 3.07. The zero-order valence-corrected chi connectivity index (χ0v) is 15.1. The molecule has 0 saturated carbocycles. The smallest absolute Gasteiger partial charge is 0.330 e. The highest BCUT2D eigenvalue weighted by atomic mass is 16.5. The molecule has 144 valence electrons. The minimum Gasteiger partial charge on any atom is -0.480 e. The van der Waals surface area contributed by atoms with E-state index in [1.54, 1.807) is 13.8 Å². The molecule has 0 aromatic heterocycles. The fraction of sp³-hybridized carbons (Fsp3) is 0.412. The SMILES string of the molecule is CC(=O)NC(C(=O)O)c1ccc(OC(C)=O)cc1.CC(C)[C@H](N)C(=O)O. The molecule has 1 aromatic rings. The van der Waals surface area contributed by atoms with Crippen LogP contribution in [0.4, 0.5) is 0 Å². The molecular weight excluding hydrogens is 344 g/mol. The first kappa shape index (κ1) is 23.1. The number of amides is 1. The predicted octanol–water partition coefficient (Wildman–Crippen LogP) is 0.928. The molecule has 1 unspecified atom stereocenters. The van der Waals surface area contributed by atoms with Crippen LogP contribution in [0, 0.1) is 5.92 Å². The van der Waals surface area contributed by atoms with Crippen LogP contribution in [0.3, 0.4) is 0 Å².